The van der Waals surface area contributed by atoms with Gasteiger partial charge in [-0.15, -0.1) is 0 Å². The molecule has 0 aliphatic rings. The third-order valence-electron chi connectivity index (χ3n) is 2.99. The van der Waals surface area contributed by atoms with Crippen LogP contribution in [0, 0.1) is 0 Å². The van der Waals surface area contributed by atoms with Crippen LogP contribution in [0.3, 0.4) is 0 Å². The van der Waals surface area contributed by atoms with E-state index in [0.717, 1.165) is 12.1 Å². The van der Waals surface area contributed by atoms with Crippen LogP contribution in [-0.2, 0) is 0 Å². The van der Waals surface area contributed by atoms with Gasteiger partial charge in [-0.3, -0.25) is 4.98 Å². The van der Waals surface area contributed by atoms with Crippen molar-refractivity contribution in [2.24, 2.45) is 0 Å². The zero-order valence-corrected chi connectivity index (χ0v) is 11.7. The fourth-order valence-corrected chi connectivity index (χ4v) is 2.51. The lowest BCUT2D eigenvalue weighted by Gasteiger charge is -2.09. The minimum absolute atomic E-state index is 1.04. The zero-order chi connectivity index (χ0) is 12.6. The summed E-state index contributed by atoms with van der Waals surface area (Å²) in [4.78, 5) is 4.37. The van der Waals surface area contributed by atoms with E-state index in [4.69, 9.17) is 0 Å². The van der Waals surface area contributed by atoms with E-state index in [2.05, 4.69) is 40.8 Å². The Balaban J connectivity index is 1.88. The SMILES string of the molecule is CSCCCCCNc1ccnc2ccccc12. The highest BCUT2D eigenvalue weighted by Crippen LogP contribution is 2.20. The van der Waals surface area contributed by atoms with Crippen molar-refractivity contribution in [2.75, 3.05) is 23.9 Å². The molecule has 1 aromatic heterocycles. The van der Waals surface area contributed by atoms with Crippen LogP contribution in [0.15, 0.2) is 36.5 Å². The first kappa shape index (κ1) is 13.2. The molecule has 0 amide bonds. The summed E-state index contributed by atoms with van der Waals surface area (Å²) in [5.74, 6) is 1.28. The second-order valence-electron chi connectivity index (χ2n) is 4.36. The van der Waals surface area contributed by atoms with E-state index in [1.165, 1.54) is 36.1 Å². The second kappa shape index (κ2) is 7.27. The molecule has 2 nitrogen and oxygen atoms in total. The predicted molar refractivity (Wildman–Crippen MR) is 82.5 cm³/mol. The Labute approximate surface area is 113 Å². The van der Waals surface area contributed by atoms with Crippen LogP contribution >= 0.6 is 11.8 Å². The standard InChI is InChI=1S/C15H20N2S/c1-18-12-6-2-5-10-16-15-9-11-17-14-8-4-3-7-13(14)15/h3-4,7-9,11H,2,5-6,10,12H2,1H3,(H,16,17). The molecule has 18 heavy (non-hydrogen) atoms. The van der Waals surface area contributed by atoms with Crippen molar-refractivity contribution in [3.8, 4) is 0 Å². The number of aromatic nitrogens is 1. The number of nitrogens with one attached hydrogen (secondary N) is 1. The minimum Gasteiger partial charge on any atom is -0.384 e. The second-order valence-corrected chi connectivity index (χ2v) is 5.34. The number of anilines is 1. The molecule has 0 bridgehead atoms. The number of benzene rings is 1. The molecule has 96 valence electrons. The number of pyridine rings is 1. The topological polar surface area (TPSA) is 24.9 Å². The minimum atomic E-state index is 1.04. The number of nitrogens with zero attached hydrogens (tertiary/aromatic N) is 1. The maximum atomic E-state index is 4.37. The van der Waals surface area contributed by atoms with Crippen molar-refractivity contribution in [2.45, 2.75) is 19.3 Å². The number of unbranched alkanes of at least 4 members (excludes halogenated alkanes) is 2. The van der Waals surface area contributed by atoms with Crippen molar-refractivity contribution in [1.29, 1.82) is 0 Å². The van der Waals surface area contributed by atoms with Crippen LogP contribution in [-0.4, -0.2) is 23.5 Å². The highest BCUT2D eigenvalue weighted by atomic mass is 32.2. The van der Waals surface area contributed by atoms with Gasteiger partial charge in [-0.05, 0) is 37.0 Å². The number of rotatable bonds is 7. The summed E-state index contributed by atoms with van der Waals surface area (Å²) in [6.07, 6.45) is 7.90. The molecule has 0 saturated carbocycles. The third kappa shape index (κ3) is 3.64. The van der Waals surface area contributed by atoms with Gasteiger partial charge in [0, 0.05) is 23.8 Å². The third-order valence-corrected chi connectivity index (χ3v) is 3.69. The van der Waals surface area contributed by atoms with Gasteiger partial charge in [0.05, 0.1) is 5.52 Å². The van der Waals surface area contributed by atoms with Gasteiger partial charge in [-0.1, -0.05) is 24.6 Å². The molecule has 1 heterocycles. The van der Waals surface area contributed by atoms with E-state index in [1.54, 1.807) is 0 Å². The summed E-state index contributed by atoms with van der Waals surface area (Å²) in [6.45, 7) is 1.04. The monoisotopic (exact) mass is 260 g/mol. The predicted octanol–water partition coefficient (Wildman–Crippen LogP) is 4.18. The van der Waals surface area contributed by atoms with Gasteiger partial charge in [0.2, 0.25) is 0 Å². The smallest absolute Gasteiger partial charge is 0.0722 e. The maximum Gasteiger partial charge on any atom is 0.0722 e. The van der Waals surface area contributed by atoms with Crippen LogP contribution in [0.5, 0.6) is 0 Å². The Bertz CT molecular complexity index is 479. The summed E-state index contributed by atoms with van der Waals surface area (Å²) in [5, 5.41) is 4.73. The number of hydrogen-bond donors (Lipinski definition) is 1. The van der Waals surface area contributed by atoms with E-state index in [-0.39, 0.29) is 0 Å². The van der Waals surface area contributed by atoms with E-state index < -0.39 is 0 Å². The molecule has 0 fully saturated rings. The average Bonchev–Trinajstić information content (AvgIpc) is 2.43. The van der Waals surface area contributed by atoms with Gasteiger partial charge in [-0.25, -0.2) is 0 Å². The summed E-state index contributed by atoms with van der Waals surface area (Å²) in [6, 6.07) is 10.3. The molecule has 0 unspecified atom stereocenters. The molecular weight excluding hydrogens is 240 g/mol. The Hall–Kier alpha value is -1.22. The quantitative estimate of drug-likeness (QED) is 0.756. The van der Waals surface area contributed by atoms with Crippen molar-refractivity contribution in [3.63, 3.8) is 0 Å². The summed E-state index contributed by atoms with van der Waals surface area (Å²) in [5.41, 5.74) is 2.26. The first-order valence-electron chi connectivity index (χ1n) is 6.48. The summed E-state index contributed by atoms with van der Waals surface area (Å²) < 4.78 is 0. The van der Waals surface area contributed by atoms with Gasteiger partial charge >= 0.3 is 0 Å². The summed E-state index contributed by atoms with van der Waals surface area (Å²) in [7, 11) is 0. The van der Waals surface area contributed by atoms with Gasteiger partial charge in [-0.2, -0.15) is 11.8 Å². The first-order valence-corrected chi connectivity index (χ1v) is 7.88. The zero-order valence-electron chi connectivity index (χ0n) is 10.9. The highest BCUT2D eigenvalue weighted by molar-refractivity contribution is 7.98. The molecule has 3 heteroatoms. The van der Waals surface area contributed by atoms with Gasteiger partial charge < -0.3 is 5.32 Å². The van der Waals surface area contributed by atoms with E-state index in [1.807, 2.05) is 24.0 Å². The molecule has 0 saturated heterocycles. The van der Waals surface area contributed by atoms with Gasteiger partial charge in [0.1, 0.15) is 0 Å². The number of para-hydroxylation sites is 1. The molecule has 0 aliphatic carbocycles. The van der Waals surface area contributed by atoms with Crippen LogP contribution in [0.2, 0.25) is 0 Å². The van der Waals surface area contributed by atoms with Crippen molar-refractivity contribution < 1.29 is 0 Å². The van der Waals surface area contributed by atoms with E-state index in [0.29, 0.717) is 0 Å². The van der Waals surface area contributed by atoms with Crippen LogP contribution < -0.4 is 5.32 Å². The Morgan fingerprint density at radius 1 is 1.11 bits per heavy atom. The Morgan fingerprint density at radius 2 is 2.00 bits per heavy atom. The molecule has 0 spiro atoms. The molecule has 0 atom stereocenters. The van der Waals surface area contributed by atoms with E-state index in [9.17, 15) is 0 Å². The van der Waals surface area contributed by atoms with Gasteiger partial charge in [0.25, 0.3) is 0 Å². The highest BCUT2D eigenvalue weighted by Gasteiger charge is 1.99. The lowest BCUT2D eigenvalue weighted by molar-refractivity contribution is 0.750. The van der Waals surface area contributed by atoms with Crippen LogP contribution in [0.4, 0.5) is 5.69 Å². The molecule has 0 aliphatic heterocycles. The molecule has 1 aromatic carbocycles. The first-order chi connectivity index (χ1) is 8.92. The number of thioether (sulfide) groups is 1. The normalized spacial score (nSPS) is 10.7. The number of hydrogen-bond acceptors (Lipinski definition) is 3. The lowest BCUT2D eigenvalue weighted by Crippen LogP contribution is -2.02. The molecule has 2 rings (SSSR count). The summed E-state index contributed by atoms with van der Waals surface area (Å²) >= 11 is 1.93. The average molecular weight is 260 g/mol. The molecule has 2 aromatic rings. The Morgan fingerprint density at radius 3 is 2.89 bits per heavy atom. The molecule has 1 N–H and O–H groups in total. The Kier molecular flexibility index (Phi) is 5.34. The fraction of sp³-hybridized carbons (Fsp3) is 0.400. The largest absolute Gasteiger partial charge is 0.384 e. The van der Waals surface area contributed by atoms with Crippen molar-refractivity contribution in [1.82, 2.24) is 4.98 Å². The lowest BCUT2D eigenvalue weighted by atomic mass is 10.2. The molecular formula is C15H20N2S. The van der Waals surface area contributed by atoms with Gasteiger partial charge in [0.15, 0.2) is 0 Å². The maximum absolute atomic E-state index is 4.37. The molecule has 0 radical (unpaired) electrons. The van der Waals surface area contributed by atoms with E-state index >= 15 is 0 Å². The fourth-order valence-electron chi connectivity index (χ4n) is 2.02. The van der Waals surface area contributed by atoms with Crippen LogP contribution in [0.1, 0.15) is 19.3 Å². The van der Waals surface area contributed by atoms with Crippen molar-refractivity contribution in [3.05, 3.63) is 36.5 Å². The number of fused-ring (bicyclic) bond motifs is 1. The van der Waals surface area contributed by atoms with Crippen molar-refractivity contribution >= 4 is 28.4 Å². The van der Waals surface area contributed by atoms with Crippen LogP contribution in [0.25, 0.3) is 10.9 Å².